The number of aliphatic hydroxyl groups excluding tert-OH is 1. The molecule has 0 fully saturated rings. The van der Waals surface area contributed by atoms with Crippen LogP contribution in [-0.2, 0) is 19.0 Å². The molecule has 1 amide bonds. The Hall–Kier alpha value is -4.02. The predicted molar refractivity (Wildman–Crippen MR) is 157 cm³/mol. The number of aliphatic imine (C=N–C) groups is 1. The maximum Gasteiger partial charge on any atom is 0.266 e. The summed E-state index contributed by atoms with van der Waals surface area (Å²) in [5, 5.41) is 9.00. The van der Waals surface area contributed by atoms with E-state index in [1.54, 1.807) is 6.08 Å². The lowest BCUT2D eigenvalue weighted by Gasteiger charge is -2.30. The Balaban J connectivity index is 1.65. The Morgan fingerprint density at radius 2 is 1.68 bits per heavy atom. The van der Waals surface area contributed by atoms with Gasteiger partial charge in [0.2, 0.25) is 5.90 Å². The van der Waals surface area contributed by atoms with Crippen molar-refractivity contribution in [1.82, 2.24) is 10.9 Å². The summed E-state index contributed by atoms with van der Waals surface area (Å²) in [6.45, 7) is 4.62. The molecular formula is C32H37N3O6. The van der Waals surface area contributed by atoms with Gasteiger partial charge in [0.15, 0.2) is 17.9 Å². The first-order valence-corrected chi connectivity index (χ1v) is 13.5. The maximum atomic E-state index is 13.8. The number of nitrogens with one attached hydrogen (secondary N) is 2. The van der Waals surface area contributed by atoms with Crippen LogP contribution < -0.4 is 15.6 Å². The highest BCUT2D eigenvalue weighted by molar-refractivity contribution is 6.01. The second kappa shape index (κ2) is 14.6. The molecule has 9 nitrogen and oxygen atoms in total. The fourth-order valence-corrected chi connectivity index (χ4v) is 4.60. The summed E-state index contributed by atoms with van der Waals surface area (Å²) in [4.78, 5) is 18.7. The molecular weight excluding hydrogens is 522 g/mol. The number of hydrogen-bond donors (Lipinski definition) is 3. The minimum atomic E-state index is -1.33. The van der Waals surface area contributed by atoms with Gasteiger partial charge in [-0.15, -0.1) is 6.58 Å². The number of carbonyl (C=O) groups is 1. The zero-order valence-electron chi connectivity index (χ0n) is 23.4. The molecule has 216 valence electrons. The average Bonchev–Trinajstić information content (AvgIpc) is 3.41. The Morgan fingerprint density at radius 3 is 2.32 bits per heavy atom. The number of ether oxygens (including phenoxy) is 4. The van der Waals surface area contributed by atoms with Crippen LogP contribution >= 0.6 is 0 Å². The number of carbonyl (C=O) groups excluding carboxylic acids is 1. The van der Waals surface area contributed by atoms with Crippen LogP contribution in [0.1, 0.15) is 30.1 Å². The van der Waals surface area contributed by atoms with Gasteiger partial charge in [-0.1, -0.05) is 60.7 Å². The number of rotatable bonds is 15. The number of aliphatic hydroxyl groups is 1. The van der Waals surface area contributed by atoms with Gasteiger partial charge in [-0.05, 0) is 41.0 Å². The van der Waals surface area contributed by atoms with E-state index >= 15 is 0 Å². The SMILES string of the molecule is C=CC[C@]1(C(=O)NNCC(OC)OC)N=C(c2ccc(OCCCO)cc2)O[C@H]1c1ccc(-c2ccccc2)cc1. The van der Waals surface area contributed by atoms with E-state index in [1.807, 2.05) is 78.9 Å². The maximum absolute atomic E-state index is 13.8. The molecule has 2 atom stereocenters. The minimum Gasteiger partial charge on any atom is -0.494 e. The summed E-state index contributed by atoms with van der Waals surface area (Å²) in [7, 11) is 3.05. The van der Waals surface area contributed by atoms with Gasteiger partial charge in [0, 0.05) is 39.2 Å². The van der Waals surface area contributed by atoms with Crippen molar-refractivity contribution in [2.24, 2.45) is 4.99 Å². The van der Waals surface area contributed by atoms with Crippen LogP contribution in [0.4, 0.5) is 0 Å². The fraction of sp³-hybridized carbons (Fsp3) is 0.312. The topological polar surface area (TPSA) is 111 Å². The average molecular weight is 560 g/mol. The number of benzene rings is 3. The third-order valence-electron chi connectivity index (χ3n) is 6.80. The van der Waals surface area contributed by atoms with Crippen molar-refractivity contribution in [2.45, 2.75) is 30.8 Å². The molecule has 0 spiro atoms. The third-order valence-corrected chi connectivity index (χ3v) is 6.80. The van der Waals surface area contributed by atoms with Crippen LogP contribution in [0, 0.1) is 0 Å². The Bertz CT molecular complexity index is 1290. The van der Waals surface area contributed by atoms with Crippen LogP contribution in [0.25, 0.3) is 11.1 Å². The van der Waals surface area contributed by atoms with E-state index in [2.05, 4.69) is 17.4 Å². The van der Waals surface area contributed by atoms with Gasteiger partial charge in [-0.3, -0.25) is 10.2 Å². The van der Waals surface area contributed by atoms with Crippen molar-refractivity contribution in [2.75, 3.05) is 34.0 Å². The zero-order valence-corrected chi connectivity index (χ0v) is 23.4. The smallest absolute Gasteiger partial charge is 0.266 e. The van der Waals surface area contributed by atoms with Crippen molar-refractivity contribution >= 4 is 11.8 Å². The fourth-order valence-electron chi connectivity index (χ4n) is 4.60. The first-order chi connectivity index (χ1) is 20.0. The second-order valence-electron chi connectivity index (χ2n) is 9.51. The summed E-state index contributed by atoms with van der Waals surface area (Å²) in [5.41, 5.74) is 7.99. The Kier molecular flexibility index (Phi) is 10.6. The summed E-state index contributed by atoms with van der Waals surface area (Å²) in [6, 6.07) is 25.3. The molecule has 3 aromatic carbocycles. The molecule has 0 radical (unpaired) electrons. The molecule has 0 aliphatic carbocycles. The molecule has 41 heavy (non-hydrogen) atoms. The van der Waals surface area contributed by atoms with E-state index in [0.717, 1.165) is 16.7 Å². The highest BCUT2D eigenvalue weighted by Gasteiger charge is 2.52. The molecule has 0 saturated heterocycles. The molecule has 1 aliphatic heterocycles. The normalized spacial score (nSPS) is 18.0. The van der Waals surface area contributed by atoms with Gasteiger partial charge in [-0.2, -0.15) is 0 Å². The number of amides is 1. The molecule has 0 saturated carbocycles. The molecule has 1 heterocycles. The van der Waals surface area contributed by atoms with Gasteiger partial charge in [0.1, 0.15) is 5.75 Å². The predicted octanol–water partition coefficient (Wildman–Crippen LogP) is 4.19. The molecule has 1 aliphatic rings. The molecule has 4 rings (SSSR count). The highest BCUT2D eigenvalue weighted by Crippen LogP contribution is 2.43. The minimum absolute atomic E-state index is 0.0658. The highest BCUT2D eigenvalue weighted by atomic mass is 16.7. The van der Waals surface area contributed by atoms with Crippen LogP contribution in [0.3, 0.4) is 0 Å². The van der Waals surface area contributed by atoms with Crippen molar-refractivity contribution in [3.05, 3.63) is 103 Å². The van der Waals surface area contributed by atoms with Crippen LogP contribution in [0.15, 0.2) is 96.5 Å². The number of methoxy groups -OCH3 is 2. The van der Waals surface area contributed by atoms with Gasteiger partial charge >= 0.3 is 0 Å². The van der Waals surface area contributed by atoms with Crippen molar-refractivity contribution in [3.63, 3.8) is 0 Å². The summed E-state index contributed by atoms with van der Waals surface area (Å²) < 4.78 is 22.5. The van der Waals surface area contributed by atoms with Crippen molar-refractivity contribution in [3.8, 4) is 16.9 Å². The van der Waals surface area contributed by atoms with Crippen LogP contribution in [0.2, 0.25) is 0 Å². The first kappa shape index (κ1) is 30.0. The monoisotopic (exact) mass is 559 g/mol. The number of hydrogen-bond acceptors (Lipinski definition) is 8. The lowest BCUT2D eigenvalue weighted by Crippen LogP contribution is -2.53. The van der Waals surface area contributed by atoms with Crippen molar-refractivity contribution < 1.29 is 28.8 Å². The molecule has 3 aromatic rings. The number of nitrogens with zero attached hydrogens (tertiary/aromatic N) is 1. The summed E-state index contributed by atoms with van der Waals surface area (Å²) >= 11 is 0. The number of hydrazine groups is 1. The quantitative estimate of drug-likeness (QED) is 0.111. The second-order valence-corrected chi connectivity index (χ2v) is 9.51. The first-order valence-electron chi connectivity index (χ1n) is 13.5. The molecule has 3 N–H and O–H groups in total. The van der Waals surface area contributed by atoms with E-state index in [-0.39, 0.29) is 25.5 Å². The molecule has 0 bridgehead atoms. The van der Waals surface area contributed by atoms with Crippen molar-refractivity contribution in [1.29, 1.82) is 0 Å². The Morgan fingerprint density at radius 1 is 1.02 bits per heavy atom. The summed E-state index contributed by atoms with van der Waals surface area (Å²) in [6.07, 6.45) is 1.19. The van der Waals surface area contributed by atoms with Crippen LogP contribution in [-0.4, -0.2) is 62.7 Å². The standard InChI is InChI=1S/C32H37N3O6/c1-4-19-32(31(37)35-33-22-28(38-2)39-3)29(25-13-11-24(12-14-25)23-9-6-5-7-10-23)41-30(34-32)26-15-17-27(18-16-26)40-21-8-20-36/h4-7,9-18,28-29,33,36H,1,8,19-22H2,2-3H3,(H,35,37)/t29-,32-/m0/s1. The lowest BCUT2D eigenvalue weighted by atomic mass is 9.84. The molecule has 0 aromatic heterocycles. The van der Waals surface area contributed by atoms with Crippen LogP contribution in [0.5, 0.6) is 5.75 Å². The van der Waals surface area contributed by atoms with E-state index < -0.39 is 17.9 Å². The van der Waals surface area contributed by atoms with Gasteiger partial charge in [0.05, 0.1) is 13.2 Å². The Labute approximate surface area is 240 Å². The van der Waals surface area contributed by atoms with E-state index in [4.69, 9.17) is 29.0 Å². The third kappa shape index (κ3) is 7.20. The zero-order chi connectivity index (χ0) is 29.1. The molecule has 0 unspecified atom stereocenters. The van der Waals surface area contributed by atoms with Gasteiger partial charge in [0.25, 0.3) is 5.91 Å². The lowest BCUT2D eigenvalue weighted by molar-refractivity contribution is -0.131. The van der Waals surface area contributed by atoms with E-state index in [1.165, 1.54) is 14.2 Å². The van der Waals surface area contributed by atoms with Gasteiger partial charge in [-0.25, -0.2) is 10.4 Å². The van der Waals surface area contributed by atoms with Gasteiger partial charge < -0.3 is 24.1 Å². The van der Waals surface area contributed by atoms with E-state index in [9.17, 15) is 4.79 Å². The molecule has 9 heteroatoms. The summed E-state index contributed by atoms with van der Waals surface area (Å²) in [5.74, 6) is 0.631. The van der Waals surface area contributed by atoms with E-state index in [0.29, 0.717) is 30.2 Å². The largest absolute Gasteiger partial charge is 0.494 e.